The van der Waals surface area contributed by atoms with Gasteiger partial charge in [-0.05, 0) is 38.5 Å². The van der Waals surface area contributed by atoms with Gasteiger partial charge in [0.1, 0.15) is 4.90 Å². The van der Waals surface area contributed by atoms with Crippen LogP contribution in [0.2, 0.25) is 0 Å². The Balaban J connectivity index is 1.61. The fourth-order valence-electron chi connectivity index (χ4n) is 3.35. The molecule has 24 heavy (non-hydrogen) atoms. The molecule has 0 spiro atoms. The highest BCUT2D eigenvalue weighted by Gasteiger charge is 2.29. The first-order chi connectivity index (χ1) is 11.5. The van der Waals surface area contributed by atoms with E-state index in [1.54, 1.807) is 10.9 Å². The third-order valence-corrected chi connectivity index (χ3v) is 6.33. The van der Waals surface area contributed by atoms with Crippen molar-refractivity contribution in [3.63, 3.8) is 0 Å². The molecule has 2 N–H and O–H groups in total. The lowest BCUT2D eigenvalue weighted by molar-refractivity contribution is -0.142. The molecule has 1 saturated heterocycles. The van der Waals surface area contributed by atoms with Gasteiger partial charge in [-0.1, -0.05) is 0 Å². The third kappa shape index (κ3) is 3.96. The SMILES string of the molecule is O=C(O)C1CCC(NS(=O)(=O)c2cnn(C3CCOCC3)c2)CC1. The minimum atomic E-state index is -3.63. The molecule has 134 valence electrons. The maximum atomic E-state index is 12.5. The fraction of sp³-hybridized carbons (Fsp3) is 0.733. The largest absolute Gasteiger partial charge is 0.481 e. The number of ether oxygens (including phenoxy) is 1. The second kappa shape index (κ2) is 7.20. The Labute approximate surface area is 141 Å². The highest BCUT2D eigenvalue weighted by Crippen LogP contribution is 2.26. The van der Waals surface area contributed by atoms with Crippen LogP contribution in [-0.4, -0.2) is 48.5 Å². The number of rotatable bonds is 5. The summed E-state index contributed by atoms with van der Waals surface area (Å²) in [5.74, 6) is -1.16. The van der Waals surface area contributed by atoms with Crippen LogP contribution in [0.15, 0.2) is 17.3 Å². The first kappa shape index (κ1) is 17.4. The Morgan fingerprint density at radius 1 is 1.21 bits per heavy atom. The zero-order valence-electron chi connectivity index (χ0n) is 13.4. The van der Waals surface area contributed by atoms with E-state index in [-0.39, 0.29) is 22.9 Å². The Bertz CT molecular complexity index is 673. The number of hydrogen-bond acceptors (Lipinski definition) is 5. The molecule has 1 aliphatic heterocycles. The number of carboxylic acids is 1. The molecule has 9 heteroatoms. The maximum Gasteiger partial charge on any atom is 0.306 e. The van der Waals surface area contributed by atoms with Gasteiger partial charge >= 0.3 is 5.97 Å². The topological polar surface area (TPSA) is 111 Å². The minimum Gasteiger partial charge on any atom is -0.481 e. The van der Waals surface area contributed by atoms with E-state index in [1.165, 1.54) is 6.20 Å². The van der Waals surface area contributed by atoms with Crippen LogP contribution in [0.1, 0.15) is 44.6 Å². The van der Waals surface area contributed by atoms with Gasteiger partial charge < -0.3 is 9.84 Å². The van der Waals surface area contributed by atoms with Crippen LogP contribution in [0.5, 0.6) is 0 Å². The third-order valence-electron chi connectivity index (χ3n) is 4.85. The molecule has 3 rings (SSSR count). The molecule has 0 atom stereocenters. The molecule has 2 heterocycles. The second-order valence-corrected chi connectivity index (χ2v) is 8.22. The summed E-state index contributed by atoms with van der Waals surface area (Å²) in [7, 11) is -3.63. The zero-order valence-corrected chi connectivity index (χ0v) is 14.2. The van der Waals surface area contributed by atoms with Gasteiger partial charge in [-0.15, -0.1) is 0 Å². The molecule has 1 saturated carbocycles. The smallest absolute Gasteiger partial charge is 0.306 e. The van der Waals surface area contributed by atoms with E-state index in [9.17, 15) is 13.2 Å². The van der Waals surface area contributed by atoms with Crippen LogP contribution in [0, 0.1) is 5.92 Å². The highest BCUT2D eigenvalue weighted by atomic mass is 32.2. The van der Waals surface area contributed by atoms with E-state index in [0.717, 1.165) is 12.8 Å². The standard InChI is InChI=1S/C15H23N3O5S/c19-15(20)11-1-3-12(4-2-11)17-24(21,22)14-9-16-18(10-14)13-5-7-23-8-6-13/h9-13,17H,1-8H2,(H,19,20). The molecule has 0 radical (unpaired) electrons. The summed E-state index contributed by atoms with van der Waals surface area (Å²) in [6, 6.07) is -0.0364. The first-order valence-electron chi connectivity index (χ1n) is 8.33. The summed E-state index contributed by atoms with van der Waals surface area (Å²) < 4.78 is 34.7. The zero-order chi connectivity index (χ0) is 17.2. The van der Waals surface area contributed by atoms with Gasteiger partial charge in [0, 0.05) is 25.5 Å². The van der Waals surface area contributed by atoms with Gasteiger partial charge in [-0.3, -0.25) is 9.48 Å². The van der Waals surface area contributed by atoms with Gasteiger partial charge in [-0.25, -0.2) is 13.1 Å². The molecule has 0 aromatic carbocycles. The fourth-order valence-corrected chi connectivity index (χ4v) is 4.60. The quantitative estimate of drug-likeness (QED) is 0.818. The number of aliphatic carboxylic acids is 1. The highest BCUT2D eigenvalue weighted by molar-refractivity contribution is 7.89. The van der Waals surface area contributed by atoms with Gasteiger partial charge in [-0.2, -0.15) is 5.10 Å². The van der Waals surface area contributed by atoms with Gasteiger partial charge in [0.05, 0.1) is 18.2 Å². The van der Waals surface area contributed by atoms with Gasteiger partial charge in [0.15, 0.2) is 0 Å². The number of aromatic nitrogens is 2. The molecule has 1 aromatic rings. The molecule has 1 aliphatic carbocycles. The Kier molecular flexibility index (Phi) is 5.21. The Hall–Kier alpha value is -1.45. The monoisotopic (exact) mass is 357 g/mol. The Morgan fingerprint density at radius 2 is 1.88 bits per heavy atom. The van der Waals surface area contributed by atoms with E-state index in [0.29, 0.717) is 38.9 Å². The normalized spacial score (nSPS) is 26.3. The summed E-state index contributed by atoms with van der Waals surface area (Å²) in [5.41, 5.74) is 0. The van der Waals surface area contributed by atoms with Crippen LogP contribution >= 0.6 is 0 Å². The number of hydrogen-bond donors (Lipinski definition) is 2. The molecule has 2 aliphatic rings. The van der Waals surface area contributed by atoms with Crippen LogP contribution in [0.25, 0.3) is 0 Å². The Morgan fingerprint density at radius 3 is 2.50 bits per heavy atom. The van der Waals surface area contributed by atoms with Crippen molar-refractivity contribution in [3.8, 4) is 0 Å². The lowest BCUT2D eigenvalue weighted by Crippen LogP contribution is -2.38. The average molecular weight is 357 g/mol. The van der Waals surface area contributed by atoms with E-state index in [4.69, 9.17) is 9.84 Å². The van der Waals surface area contributed by atoms with E-state index in [2.05, 4.69) is 9.82 Å². The molecule has 1 aromatic heterocycles. The number of nitrogens with zero attached hydrogens (tertiary/aromatic N) is 2. The predicted molar refractivity (Wildman–Crippen MR) is 85.0 cm³/mol. The van der Waals surface area contributed by atoms with Crippen molar-refractivity contribution < 1.29 is 23.1 Å². The van der Waals surface area contributed by atoms with E-state index in [1.807, 2.05) is 0 Å². The van der Waals surface area contributed by atoms with Gasteiger partial charge in [0.2, 0.25) is 10.0 Å². The predicted octanol–water partition coefficient (Wildman–Crippen LogP) is 1.16. The van der Waals surface area contributed by atoms with Crippen molar-refractivity contribution >= 4 is 16.0 Å². The number of carboxylic acid groups (broad SMARTS) is 1. The summed E-state index contributed by atoms with van der Waals surface area (Å²) >= 11 is 0. The summed E-state index contributed by atoms with van der Waals surface area (Å²) in [5, 5.41) is 13.2. The van der Waals surface area contributed by atoms with Crippen molar-refractivity contribution in [2.24, 2.45) is 5.92 Å². The summed E-state index contributed by atoms with van der Waals surface area (Å²) in [6.45, 7) is 1.33. The molecular weight excluding hydrogens is 334 g/mol. The van der Waals surface area contributed by atoms with Crippen molar-refractivity contribution in [1.82, 2.24) is 14.5 Å². The molecule has 8 nitrogen and oxygen atoms in total. The van der Waals surface area contributed by atoms with E-state index < -0.39 is 16.0 Å². The minimum absolute atomic E-state index is 0.161. The number of sulfonamides is 1. The summed E-state index contributed by atoms with van der Waals surface area (Å²) in [6.07, 6.45) is 6.70. The summed E-state index contributed by atoms with van der Waals surface area (Å²) in [4.78, 5) is 11.1. The average Bonchev–Trinajstić information content (AvgIpc) is 3.07. The first-order valence-corrected chi connectivity index (χ1v) is 9.81. The lowest BCUT2D eigenvalue weighted by Gasteiger charge is -2.26. The number of carbonyl (C=O) groups is 1. The van der Waals surface area contributed by atoms with Crippen LogP contribution in [0.4, 0.5) is 0 Å². The second-order valence-electron chi connectivity index (χ2n) is 6.51. The van der Waals surface area contributed by atoms with Crippen LogP contribution < -0.4 is 4.72 Å². The van der Waals surface area contributed by atoms with Crippen molar-refractivity contribution in [3.05, 3.63) is 12.4 Å². The van der Waals surface area contributed by atoms with Crippen LogP contribution in [-0.2, 0) is 19.6 Å². The molecule has 2 fully saturated rings. The van der Waals surface area contributed by atoms with Crippen molar-refractivity contribution in [1.29, 1.82) is 0 Å². The van der Waals surface area contributed by atoms with Crippen molar-refractivity contribution in [2.45, 2.75) is 55.5 Å². The van der Waals surface area contributed by atoms with Crippen molar-refractivity contribution in [2.75, 3.05) is 13.2 Å². The molecule has 0 amide bonds. The molecule has 0 unspecified atom stereocenters. The van der Waals surface area contributed by atoms with Crippen LogP contribution in [0.3, 0.4) is 0 Å². The number of nitrogens with one attached hydrogen (secondary N) is 1. The van der Waals surface area contributed by atoms with E-state index >= 15 is 0 Å². The van der Waals surface area contributed by atoms with Gasteiger partial charge in [0.25, 0.3) is 0 Å². The molecule has 0 bridgehead atoms. The molecular formula is C15H23N3O5S. The lowest BCUT2D eigenvalue weighted by atomic mass is 9.87. The maximum absolute atomic E-state index is 12.5.